The number of ether oxygens (including phenoxy) is 2. The van der Waals surface area contributed by atoms with Gasteiger partial charge in [-0.25, -0.2) is 0 Å². The van der Waals surface area contributed by atoms with E-state index in [1.807, 2.05) is 6.07 Å². The van der Waals surface area contributed by atoms with Gasteiger partial charge in [-0.05, 0) is 42.2 Å². The first-order chi connectivity index (χ1) is 10.3. The van der Waals surface area contributed by atoms with Gasteiger partial charge in [0.2, 0.25) is 0 Å². The van der Waals surface area contributed by atoms with Crippen LogP contribution in [0.1, 0.15) is 22.8 Å². The van der Waals surface area contributed by atoms with Crippen molar-refractivity contribution in [1.29, 1.82) is 0 Å². The molecule has 1 N–H and O–H groups in total. The van der Waals surface area contributed by atoms with Crippen molar-refractivity contribution in [2.24, 2.45) is 0 Å². The quantitative estimate of drug-likeness (QED) is 0.927. The first-order valence-electron chi connectivity index (χ1n) is 7.36. The summed E-state index contributed by atoms with van der Waals surface area (Å²) in [5.74, 6) is 0.865. The fraction of sp³-hybridized carbons (Fsp3) is 0.333. The van der Waals surface area contributed by atoms with E-state index >= 15 is 0 Å². The number of benzene rings is 2. The van der Waals surface area contributed by atoms with Gasteiger partial charge >= 0.3 is 0 Å². The summed E-state index contributed by atoms with van der Waals surface area (Å²) in [6, 6.07) is 14.7. The summed E-state index contributed by atoms with van der Waals surface area (Å²) in [5.41, 5.74) is 4.92. The molecule has 2 aromatic carbocycles. The van der Waals surface area contributed by atoms with Gasteiger partial charge < -0.3 is 14.8 Å². The summed E-state index contributed by atoms with van der Waals surface area (Å²) in [5, 5.41) is 3.47. The van der Waals surface area contributed by atoms with E-state index in [-0.39, 0.29) is 6.10 Å². The zero-order valence-corrected chi connectivity index (χ0v) is 12.6. The third-order valence-electron chi connectivity index (χ3n) is 3.93. The van der Waals surface area contributed by atoms with E-state index in [1.165, 1.54) is 16.7 Å². The van der Waals surface area contributed by atoms with Crippen molar-refractivity contribution < 1.29 is 9.47 Å². The summed E-state index contributed by atoms with van der Waals surface area (Å²) < 4.78 is 11.3. The molecule has 0 spiro atoms. The lowest BCUT2D eigenvalue weighted by Gasteiger charge is -2.27. The zero-order valence-electron chi connectivity index (χ0n) is 12.6. The molecular formula is C18H21NO2. The summed E-state index contributed by atoms with van der Waals surface area (Å²) in [6.45, 7) is 3.61. The Morgan fingerprint density at radius 3 is 2.95 bits per heavy atom. The van der Waals surface area contributed by atoms with Gasteiger partial charge in [0.1, 0.15) is 5.75 Å². The van der Waals surface area contributed by atoms with Gasteiger partial charge in [0, 0.05) is 6.54 Å². The first-order valence-corrected chi connectivity index (χ1v) is 7.36. The Kier molecular flexibility index (Phi) is 4.11. The monoisotopic (exact) mass is 283 g/mol. The minimum absolute atomic E-state index is 0.0974. The molecule has 1 atom stereocenters. The van der Waals surface area contributed by atoms with Crippen LogP contribution in [-0.2, 0) is 11.2 Å². The topological polar surface area (TPSA) is 30.5 Å². The molecule has 2 aromatic rings. The van der Waals surface area contributed by atoms with E-state index in [0.29, 0.717) is 0 Å². The number of rotatable bonds is 4. The average Bonchev–Trinajstić information content (AvgIpc) is 2.53. The fourth-order valence-electron chi connectivity index (χ4n) is 2.81. The molecule has 1 heterocycles. The van der Waals surface area contributed by atoms with Gasteiger partial charge in [0.15, 0.2) is 0 Å². The van der Waals surface area contributed by atoms with E-state index in [1.54, 1.807) is 7.11 Å². The van der Waals surface area contributed by atoms with Crippen LogP contribution < -0.4 is 10.1 Å². The second-order valence-electron chi connectivity index (χ2n) is 5.39. The summed E-state index contributed by atoms with van der Waals surface area (Å²) in [6.07, 6.45) is 1.10. The maximum Gasteiger partial charge on any atom is 0.141 e. The summed E-state index contributed by atoms with van der Waals surface area (Å²) in [7, 11) is 1.70. The predicted molar refractivity (Wildman–Crippen MR) is 85.1 cm³/mol. The highest BCUT2D eigenvalue weighted by Gasteiger charge is 2.20. The highest BCUT2D eigenvalue weighted by atomic mass is 16.5. The van der Waals surface area contributed by atoms with E-state index in [9.17, 15) is 0 Å². The highest BCUT2D eigenvalue weighted by molar-refractivity contribution is 5.58. The molecule has 0 radical (unpaired) electrons. The van der Waals surface area contributed by atoms with Crippen LogP contribution in [0.3, 0.4) is 0 Å². The minimum Gasteiger partial charge on any atom is -0.495 e. The SMILES string of the molecule is COc1ccc(C)cc1NCC1OCCc2ccccc21. The van der Waals surface area contributed by atoms with Crippen molar-refractivity contribution in [1.82, 2.24) is 0 Å². The van der Waals surface area contributed by atoms with Crippen LogP contribution in [0.4, 0.5) is 5.69 Å². The Balaban J connectivity index is 1.76. The molecule has 3 heteroatoms. The van der Waals surface area contributed by atoms with Crippen LogP contribution in [0.5, 0.6) is 5.75 Å². The Hall–Kier alpha value is -2.00. The molecule has 0 amide bonds. The maximum atomic E-state index is 5.93. The predicted octanol–water partition coefficient (Wildman–Crippen LogP) is 3.73. The third kappa shape index (κ3) is 3.03. The van der Waals surface area contributed by atoms with Gasteiger partial charge in [-0.3, -0.25) is 0 Å². The minimum atomic E-state index is 0.0974. The van der Waals surface area contributed by atoms with Gasteiger partial charge in [0.05, 0.1) is 25.5 Å². The molecule has 1 aliphatic rings. The number of aryl methyl sites for hydroxylation is 1. The van der Waals surface area contributed by atoms with Crippen LogP contribution >= 0.6 is 0 Å². The molecule has 0 fully saturated rings. The van der Waals surface area contributed by atoms with Crippen LogP contribution in [-0.4, -0.2) is 20.3 Å². The number of methoxy groups -OCH3 is 1. The fourth-order valence-corrected chi connectivity index (χ4v) is 2.81. The summed E-state index contributed by atoms with van der Waals surface area (Å²) in [4.78, 5) is 0. The van der Waals surface area contributed by atoms with Gasteiger partial charge in [-0.2, -0.15) is 0 Å². The number of fused-ring (bicyclic) bond motifs is 1. The zero-order chi connectivity index (χ0) is 14.7. The number of hydrogen-bond donors (Lipinski definition) is 1. The normalized spacial score (nSPS) is 17.1. The lowest BCUT2D eigenvalue weighted by Crippen LogP contribution is -2.22. The molecule has 3 rings (SSSR count). The number of anilines is 1. The van der Waals surface area contributed by atoms with Crippen LogP contribution in [0.2, 0.25) is 0 Å². The molecule has 21 heavy (non-hydrogen) atoms. The first kappa shape index (κ1) is 14.0. The molecule has 3 nitrogen and oxygen atoms in total. The van der Waals surface area contributed by atoms with E-state index in [2.05, 4.69) is 48.6 Å². The molecule has 0 aromatic heterocycles. The largest absolute Gasteiger partial charge is 0.495 e. The van der Waals surface area contributed by atoms with E-state index in [0.717, 1.165) is 31.0 Å². The van der Waals surface area contributed by atoms with Crippen LogP contribution in [0.15, 0.2) is 42.5 Å². The molecular weight excluding hydrogens is 262 g/mol. The Bertz CT molecular complexity index is 624. The summed E-state index contributed by atoms with van der Waals surface area (Å²) >= 11 is 0. The second-order valence-corrected chi connectivity index (χ2v) is 5.39. The molecule has 0 saturated heterocycles. The maximum absolute atomic E-state index is 5.93. The van der Waals surface area contributed by atoms with Crippen molar-refractivity contribution in [2.45, 2.75) is 19.4 Å². The highest BCUT2D eigenvalue weighted by Crippen LogP contribution is 2.30. The smallest absolute Gasteiger partial charge is 0.141 e. The van der Waals surface area contributed by atoms with Crippen LogP contribution in [0.25, 0.3) is 0 Å². The molecule has 110 valence electrons. The second kappa shape index (κ2) is 6.19. The Labute approximate surface area is 125 Å². The van der Waals surface area contributed by atoms with Crippen LogP contribution in [0, 0.1) is 6.92 Å². The van der Waals surface area contributed by atoms with Crippen molar-refractivity contribution in [3.63, 3.8) is 0 Å². The van der Waals surface area contributed by atoms with Crippen molar-refractivity contribution in [2.75, 3.05) is 25.6 Å². The number of nitrogens with one attached hydrogen (secondary N) is 1. The van der Waals surface area contributed by atoms with Gasteiger partial charge in [-0.15, -0.1) is 0 Å². The average molecular weight is 283 g/mol. The van der Waals surface area contributed by atoms with Crippen molar-refractivity contribution in [3.05, 3.63) is 59.2 Å². The van der Waals surface area contributed by atoms with E-state index < -0.39 is 0 Å². The molecule has 0 bridgehead atoms. The lowest BCUT2D eigenvalue weighted by molar-refractivity contribution is 0.0513. The Morgan fingerprint density at radius 1 is 1.24 bits per heavy atom. The van der Waals surface area contributed by atoms with Gasteiger partial charge in [-0.1, -0.05) is 30.3 Å². The number of hydrogen-bond acceptors (Lipinski definition) is 3. The van der Waals surface area contributed by atoms with Crippen molar-refractivity contribution in [3.8, 4) is 5.75 Å². The van der Waals surface area contributed by atoms with Crippen molar-refractivity contribution >= 4 is 5.69 Å². The Morgan fingerprint density at radius 2 is 2.10 bits per heavy atom. The van der Waals surface area contributed by atoms with E-state index in [4.69, 9.17) is 9.47 Å². The molecule has 0 aliphatic carbocycles. The van der Waals surface area contributed by atoms with Gasteiger partial charge in [0.25, 0.3) is 0 Å². The molecule has 1 unspecified atom stereocenters. The molecule has 0 saturated carbocycles. The molecule has 1 aliphatic heterocycles. The third-order valence-corrected chi connectivity index (χ3v) is 3.93. The standard InChI is InChI=1S/C18H21NO2/c1-13-7-8-17(20-2)16(11-13)19-12-18-15-6-4-3-5-14(15)9-10-21-18/h3-8,11,18-19H,9-10,12H2,1-2H3. The lowest BCUT2D eigenvalue weighted by atomic mass is 9.97.